The minimum absolute atomic E-state index is 0.296. The van der Waals surface area contributed by atoms with Gasteiger partial charge in [0.05, 0.1) is 35.7 Å². The normalized spacial score (nSPS) is 11.0. The van der Waals surface area contributed by atoms with Gasteiger partial charge in [-0.3, -0.25) is 9.78 Å². The number of nitrogens with zero attached hydrogens (tertiary/aromatic N) is 2. The molecule has 0 fully saturated rings. The maximum atomic E-state index is 12.2. The highest BCUT2D eigenvalue weighted by Gasteiger charge is 2.09. The highest BCUT2D eigenvalue weighted by molar-refractivity contribution is 6.31. The Bertz CT molecular complexity index is 970. The van der Waals surface area contributed by atoms with E-state index < -0.39 is 0 Å². The average Bonchev–Trinajstić information content (AvgIpc) is 2.62. The molecule has 0 saturated heterocycles. The monoisotopic (exact) mass is 353 g/mol. The van der Waals surface area contributed by atoms with E-state index in [1.165, 1.54) is 13.2 Å². The molecule has 0 aliphatic heterocycles. The number of carbonyl (C=O) groups is 1. The van der Waals surface area contributed by atoms with Crippen molar-refractivity contribution in [3.63, 3.8) is 0 Å². The number of halogens is 1. The van der Waals surface area contributed by atoms with Gasteiger partial charge in [-0.05, 0) is 36.8 Å². The van der Waals surface area contributed by atoms with Crippen LogP contribution in [0.5, 0.6) is 5.75 Å². The molecule has 1 heterocycles. The smallest absolute Gasteiger partial charge is 0.248 e. The fourth-order valence-corrected chi connectivity index (χ4v) is 2.47. The molecule has 3 rings (SSSR count). The van der Waals surface area contributed by atoms with Gasteiger partial charge in [0.1, 0.15) is 5.75 Å². The van der Waals surface area contributed by atoms with Crippen molar-refractivity contribution in [2.45, 2.75) is 6.92 Å². The Morgan fingerprint density at radius 1 is 1.24 bits per heavy atom. The molecule has 0 bridgehead atoms. The fraction of sp³-hybridized carbons (Fsp3) is 0.105. The summed E-state index contributed by atoms with van der Waals surface area (Å²) < 4.78 is 5.25. The van der Waals surface area contributed by atoms with Gasteiger partial charge in [0.15, 0.2) is 0 Å². The predicted molar refractivity (Wildman–Crippen MR) is 99.9 cm³/mol. The number of para-hydroxylation sites is 2. The van der Waals surface area contributed by atoms with Crippen molar-refractivity contribution < 1.29 is 9.53 Å². The SMILES string of the molecule is COc1cc(Cl)c(C)cc1NC(=O)/C=C/c1cnc2ccccc2n1. The largest absolute Gasteiger partial charge is 0.495 e. The fourth-order valence-electron chi connectivity index (χ4n) is 2.32. The Morgan fingerprint density at radius 3 is 2.76 bits per heavy atom. The molecule has 1 aromatic heterocycles. The zero-order valence-corrected chi connectivity index (χ0v) is 14.5. The highest BCUT2D eigenvalue weighted by atomic mass is 35.5. The molecule has 0 atom stereocenters. The first-order chi connectivity index (χ1) is 12.1. The van der Waals surface area contributed by atoms with Gasteiger partial charge in [-0.1, -0.05) is 23.7 Å². The second-order valence-electron chi connectivity index (χ2n) is 5.41. The number of aryl methyl sites for hydroxylation is 1. The third kappa shape index (κ3) is 3.95. The summed E-state index contributed by atoms with van der Waals surface area (Å²) in [5, 5.41) is 3.36. The Hall–Kier alpha value is -2.92. The van der Waals surface area contributed by atoms with Crippen molar-refractivity contribution in [1.82, 2.24) is 9.97 Å². The predicted octanol–water partition coefficient (Wildman–Crippen LogP) is 4.25. The van der Waals surface area contributed by atoms with Crippen LogP contribution in [0.4, 0.5) is 5.69 Å². The summed E-state index contributed by atoms with van der Waals surface area (Å²) in [4.78, 5) is 20.9. The van der Waals surface area contributed by atoms with E-state index >= 15 is 0 Å². The highest BCUT2D eigenvalue weighted by Crippen LogP contribution is 2.30. The number of aromatic nitrogens is 2. The van der Waals surface area contributed by atoms with Gasteiger partial charge >= 0.3 is 0 Å². The van der Waals surface area contributed by atoms with E-state index in [4.69, 9.17) is 16.3 Å². The molecular weight excluding hydrogens is 338 g/mol. The molecule has 1 N–H and O–H groups in total. The molecule has 5 nitrogen and oxygen atoms in total. The number of fused-ring (bicyclic) bond motifs is 1. The van der Waals surface area contributed by atoms with Crippen LogP contribution < -0.4 is 10.1 Å². The lowest BCUT2D eigenvalue weighted by atomic mass is 10.2. The van der Waals surface area contributed by atoms with Gasteiger partial charge in [-0.15, -0.1) is 0 Å². The number of ether oxygens (including phenoxy) is 1. The molecular formula is C19H16ClN3O2. The topological polar surface area (TPSA) is 64.1 Å². The van der Waals surface area contributed by atoms with Crippen molar-refractivity contribution in [1.29, 1.82) is 0 Å². The number of anilines is 1. The molecule has 0 saturated carbocycles. The molecule has 6 heteroatoms. The van der Waals surface area contributed by atoms with Crippen LogP contribution in [0.25, 0.3) is 17.1 Å². The number of nitrogens with one attached hydrogen (secondary N) is 1. The first-order valence-corrected chi connectivity index (χ1v) is 7.99. The summed E-state index contributed by atoms with van der Waals surface area (Å²) in [5.41, 5.74) is 3.60. The minimum atomic E-state index is -0.296. The first-order valence-electron chi connectivity index (χ1n) is 7.62. The minimum Gasteiger partial charge on any atom is -0.495 e. The molecule has 126 valence electrons. The Kier molecular flexibility index (Phi) is 4.95. The summed E-state index contributed by atoms with van der Waals surface area (Å²) in [6, 6.07) is 11.0. The van der Waals surface area contributed by atoms with E-state index in [0.29, 0.717) is 22.2 Å². The van der Waals surface area contributed by atoms with Crippen LogP contribution in [0, 0.1) is 6.92 Å². The van der Waals surface area contributed by atoms with Crippen LogP contribution in [0.15, 0.2) is 48.7 Å². The van der Waals surface area contributed by atoms with Crippen molar-refractivity contribution in [3.05, 3.63) is 65.0 Å². The van der Waals surface area contributed by atoms with Crippen LogP contribution in [0.3, 0.4) is 0 Å². The molecule has 0 radical (unpaired) electrons. The van der Waals surface area contributed by atoms with E-state index in [0.717, 1.165) is 16.6 Å². The summed E-state index contributed by atoms with van der Waals surface area (Å²) in [7, 11) is 1.52. The van der Waals surface area contributed by atoms with Gasteiger partial charge in [0.25, 0.3) is 0 Å². The number of amides is 1. The zero-order valence-electron chi connectivity index (χ0n) is 13.8. The maximum absolute atomic E-state index is 12.2. The number of methoxy groups -OCH3 is 1. The first kappa shape index (κ1) is 16.9. The number of carbonyl (C=O) groups excluding carboxylic acids is 1. The van der Waals surface area contributed by atoms with Crippen molar-refractivity contribution >= 4 is 40.3 Å². The molecule has 25 heavy (non-hydrogen) atoms. The summed E-state index contributed by atoms with van der Waals surface area (Å²) >= 11 is 6.07. The third-order valence-electron chi connectivity index (χ3n) is 3.61. The molecule has 0 unspecified atom stereocenters. The number of hydrogen-bond donors (Lipinski definition) is 1. The lowest BCUT2D eigenvalue weighted by molar-refractivity contribution is -0.111. The van der Waals surface area contributed by atoms with E-state index in [2.05, 4.69) is 15.3 Å². The van der Waals surface area contributed by atoms with Crippen molar-refractivity contribution in [2.75, 3.05) is 12.4 Å². The van der Waals surface area contributed by atoms with Crippen LogP contribution in [0.1, 0.15) is 11.3 Å². The van der Waals surface area contributed by atoms with Gasteiger partial charge in [-0.25, -0.2) is 4.98 Å². The molecule has 1 amide bonds. The summed E-state index contributed by atoms with van der Waals surface area (Å²) in [5.74, 6) is 0.206. The van der Waals surface area contributed by atoms with Gasteiger partial charge in [-0.2, -0.15) is 0 Å². The van der Waals surface area contributed by atoms with Crippen LogP contribution in [-0.2, 0) is 4.79 Å². The molecule has 0 spiro atoms. The van der Waals surface area contributed by atoms with E-state index in [1.807, 2.05) is 31.2 Å². The second-order valence-corrected chi connectivity index (χ2v) is 5.82. The number of hydrogen-bond acceptors (Lipinski definition) is 4. The van der Waals surface area contributed by atoms with Gasteiger partial charge in [0, 0.05) is 17.2 Å². The van der Waals surface area contributed by atoms with E-state index in [-0.39, 0.29) is 5.91 Å². The molecule has 3 aromatic rings. The Labute approximate surface area is 150 Å². The maximum Gasteiger partial charge on any atom is 0.248 e. The van der Waals surface area contributed by atoms with Crippen LogP contribution in [-0.4, -0.2) is 23.0 Å². The number of rotatable bonds is 4. The van der Waals surface area contributed by atoms with E-state index in [1.54, 1.807) is 24.4 Å². The Balaban J connectivity index is 1.77. The lowest BCUT2D eigenvalue weighted by Crippen LogP contribution is -2.09. The van der Waals surface area contributed by atoms with Crippen molar-refractivity contribution in [3.8, 4) is 5.75 Å². The zero-order chi connectivity index (χ0) is 17.8. The Morgan fingerprint density at radius 2 is 2.00 bits per heavy atom. The van der Waals surface area contributed by atoms with Crippen LogP contribution >= 0.6 is 11.6 Å². The molecule has 0 aliphatic rings. The van der Waals surface area contributed by atoms with Crippen LogP contribution in [0.2, 0.25) is 5.02 Å². The third-order valence-corrected chi connectivity index (χ3v) is 4.02. The second kappa shape index (κ2) is 7.32. The lowest BCUT2D eigenvalue weighted by Gasteiger charge is -2.11. The summed E-state index contributed by atoms with van der Waals surface area (Å²) in [6.45, 7) is 1.86. The molecule has 0 aliphatic carbocycles. The number of benzene rings is 2. The van der Waals surface area contributed by atoms with Gasteiger partial charge in [0.2, 0.25) is 5.91 Å². The summed E-state index contributed by atoms with van der Waals surface area (Å²) in [6.07, 6.45) is 4.64. The average molecular weight is 354 g/mol. The van der Waals surface area contributed by atoms with Gasteiger partial charge < -0.3 is 10.1 Å². The molecule has 2 aromatic carbocycles. The quantitative estimate of drug-likeness (QED) is 0.712. The van der Waals surface area contributed by atoms with E-state index in [9.17, 15) is 4.79 Å². The van der Waals surface area contributed by atoms with Crippen molar-refractivity contribution in [2.24, 2.45) is 0 Å². The standard InChI is InChI=1S/C19H16ClN3O2/c1-12-9-17(18(25-2)10-14(12)20)23-19(24)8-7-13-11-21-15-5-3-4-6-16(15)22-13/h3-11H,1-2H3,(H,23,24)/b8-7+.